The number of nitrogens with one attached hydrogen (secondary N) is 2. The maximum Gasteiger partial charge on any atom is 0.314 e. The minimum atomic E-state index is -1.43. The minimum absolute atomic E-state index is 0.0856. The lowest BCUT2D eigenvalue weighted by atomic mass is 10.0. The van der Waals surface area contributed by atoms with Crippen LogP contribution in [0.5, 0.6) is 0 Å². The Hall–Kier alpha value is -0.600. The zero-order valence-electron chi connectivity index (χ0n) is 10.8. The Balaban J connectivity index is 2.18. The quantitative estimate of drug-likeness (QED) is 0.565. The fourth-order valence-electron chi connectivity index (χ4n) is 1.58. The number of aliphatic hydroxyl groups is 1. The minimum Gasteiger partial charge on any atom is -0.481 e. The van der Waals surface area contributed by atoms with Gasteiger partial charge in [0.2, 0.25) is 0 Å². The average Bonchev–Trinajstić information content (AvgIpc) is 2.34. The third-order valence-electron chi connectivity index (χ3n) is 2.54. The molecule has 1 saturated heterocycles. The molecular weight excluding hydrogens is 288 g/mol. The van der Waals surface area contributed by atoms with Crippen molar-refractivity contribution >= 4 is 35.5 Å². The van der Waals surface area contributed by atoms with E-state index in [4.69, 9.17) is 5.11 Å². The summed E-state index contributed by atoms with van der Waals surface area (Å²) in [5.41, 5.74) is -1.43. The van der Waals surface area contributed by atoms with Crippen LogP contribution in [0, 0.1) is 0 Å². The topological polar surface area (TPSA) is 98.7 Å². The molecule has 2 unspecified atom stereocenters. The molecule has 4 N–H and O–H groups in total. The number of hydrogen-bond donors (Lipinski definition) is 4. The van der Waals surface area contributed by atoms with Gasteiger partial charge in [0.1, 0.15) is 0 Å². The van der Waals surface area contributed by atoms with Gasteiger partial charge in [-0.1, -0.05) is 0 Å². The van der Waals surface area contributed by atoms with Crippen molar-refractivity contribution in [3.05, 3.63) is 0 Å². The monoisotopic (exact) mass is 308 g/mol. The van der Waals surface area contributed by atoms with E-state index < -0.39 is 18.0 Å². The van der Waals surface area contributed by atoms with Crippen LogP contribution in [-0.2, 0) is 4.79 Å². The molecule has 1 heterocycles. The van der Waals surface area contributed by atoms with Crippen molar-refractivity contribution in [2.45, 2.75) is 24.2 Å². The van der Waals surface area contributed by atoms with Gasteiger partial charge in [-0.05, 0) is 6.92 Å². The molecule has 6 nitrogen and oxygen atoms in total. The highest BCUT2D eigenvalue weighted by Gasteiger charge is 2.25. The second kappa shape index (κ2) is 7.86. The smallest absolute Gasteiger partial charge is 0.314 e. The van der Waals surface area contributed by atoms with Gasteiger partial charge < -0.3 is 20.8 Å². The summed E-state index contributed by atoms with van der Waals surface area (Å²) >= 11 is 3.73. The van der Waals surface area contributed by atoms with Crippen LogP contribution in [0.1, 0.15) is 13.3 Å². The highest BCUT2D eigenvalue weighted by molar-refractivity contribution is 8.06. The van der Waals surface area contributed by atoms with Gasteiger partial charge in [-0.25, -0.2) is 4.79 Å². The fraction of sp³-hybridized carbons (Fsp3) is 0.818. The summed E-state index contributed by atoms with van der Waals surface area (Å²) in [4.78, 5) is 22.0. The summed E-state index contributed by atoms with van der Waals surface area (Å²) in [6, 6.07) is -0.373. The summed E-state index contributed by atoms with van der Waals surface area (Å²) < 4.78 is 0. The zero-order chi connectivity index (χ0) is 14.3. The number of thioether (sulfide) groups is 2. The molecule has 2 atom stereocenters. The van der Waals surface area contributed by atoms with Crippen molar-refractivity contribution in [3.63, 3.8) is 0 Å². The standard InChI is InChI=1S/C11H20N2O4S2/c1-11(17,4-9(14)15)7-13-10(16)12-5-8-6-18-2-3-19-8/h8,17H,2-7H2,1H3,(H,14,15)(H2,12,13,16). The molecule has 1 aliphatic heterocycles. The molecule has 8 heteroatoms. The summed E-state index contributed by atoms with van der Waals surface area (Å²) in [6.07, 6.45) is -0.400. The molecule has 1 rings (SSSR count). The normalized spacial score (nSPS) is 22.3. The highest BCUT2D eigenvalue weighted by atomic mass is 32.2. The SMILES string of the molecule is CC(O)(CNC(=O)NCC1CSCCS1)CC(=O)O. The molecule has 0 spiro atoms. The predicted molar refractivity (Wildman–Crippen MR) is 77.8 cm³/mol. The number of carboxylic acids is 1. The van der Waals surface area contributed by atoms with Gasteiger partial charge in [-0.2, -0.15) is 23.5 Å². The Morgan fingerprint density at radius 3 is 2.68 bits per heavy atom. The molecule has 2 amide bonds. The number of carbonyl (C=O) groups excluding carboxylic acids is 1. The Morgan fingerprint density at radius 1 is 1.37 bits per heavy atom. The number of carboxylic acid groups (broad SMARTS) is 1. The number of rotatable bonds is 6. The largest absolute Gasteiger partial charge is 0.481 e. The molecule has 0 aromatic carbocycles. The Bertz CT molecular complexity index is 320. The number of urea groups is 1. The van der Waals surface area contributed by atoms with E-state index in [-0.39, 0.29) is 12.6 Å². The van der Waals surface area contributed by atoms with Crippen molar-refractivity contribution in [1.82, 2.24) is 10.6 Å². The van der Waals surface area contributed by atoms with E-state index in [1.807, 2.05) is 23.5 Å². The average molecular weight is 308 g/mol. The predicted octanol–water partition coefficient (Wildman–Crippen LogP) is 0.360. The van der Waals surface area contributed by atoms with E-state index in [2.05, 4.69) is 10.6 Å². The van der Waals surface area contributed by atoms with Gasteiger partial charge >= 0.3 is 12.0 Å². The van der Waals surface area contributed by atoms with Crippen molar-refractivity contribution in [1.29, 1.82) is 0 Å². The first-order valence-corrected chi connectivity index (χ1v) is 8.24. The Kier molecular flexibility index (Phi) is 6.81. The summed E-state index contributed by atoms with van der Waals surface area (Å²) in [6.45, 7) is 1.89. The Labute approximate surface area is 121 Å². The van der Waals surface area contributed by atoms with Crippen molar-refractivity contribution in [2.24, 2.45) is 0 Å². The second-order valence-electron chi connectivity index (χ2n) is 4.70. The van der Waals surface area contributed by atoms with E-state index in [0.29, 0.717) is 11.8 Å². The summed E-state index contributed by atoms with van der Waals surface area (Å²) in [5, 5.41) is 24.0. The van der Waals surface area contributed by atoms with Gasteiger partial charge in [0.25, 0.3) is 0 Å². The van der Waals surface area contributed by atoms with E-state index in [1.54, 1.807) is 0 Å². The zero-order valence-corrected chi connectivity index (χ0v) is 12.5. The number of carbonyl (C=O) groups is 2. The first-order chi connectivity index (χ1) is 8.89. The first-order valence-electron chi connectivity index (χ1n) is 6.04. The van der Waals surface area contributed by atoms with Crippen LogP contribution in [0.2, 0.25) is 0 Å². The van der Waals surface area contributed by atoms with Crippen molar-refractivity contribution in [2.75, 3.05) is 30.3 Å². The summed E-state index contributed by atoms with van der Waals surface area (Å²) in [5.74, 6) is 2.20. The lowest BCUT2D eigenvalue weighted by Crippen LogP contribution is -2.47. The van der Waals surface area contributed by atoms with E-state index in [0.717, 1.165) is 17.3 Å². The van der Waals surface area contributed by atoms with Gasteiger partial charge in [-0.15, -0.1) is 0 Å². The van der Waals surface area contributed by atoms with Crippen LogP contribution in [0.4, 0.5) is 4.79 Å². The molecule has 1 fully saturated rings. The van der Waals surface area contributed by atoms with Gasteiger partial charge in [-0.3, -0.25) is 4.79 Å². The number of amides is 2. The third-order valence-corrected chi connectivity index (χ3v) is 5.38. The third kappa shape index (κ3) is 7.54. The maximum atomic E-state index is 11.5. The summed E-state index contributed by atoms with van der Waals surface area (Å²) in [7, 11) is 0. The van der Waals surface area contributed by atoms with E-state index >= 15 is 0 Å². The van der Waals surface area contributed by atoms with Crippen LogP contribution < -0.4 is 10.6 Å². The highest BCUT2D eigenvalue weighted by Crippen LogP contribution is 2.23. The molecular formula is C11H20N2O4S2. The second-order valence-corrected chi connectivity index (χ2v) is 7.26. The van der Waals surface area contributed by atoms with Crippen molar-refractivity contribution in [3.8, 4) is 0 Å². The van der Waals surface area contributed by atoms with Crippen LogP contribution in [0.15, 0.2) is 0 Å². The fourth-order valence-corrected chi connectivity index (χ4v) is 4.19. The molecule has 0 saturated carbocycles. The number of aliphatic carboxylic acids is 1. The van der Waals surface area contributed by atoms with Crippen LogP contribution in [0.3, 0.4) is 0 Å². The van der Waals surface area contributed by atoms with E-state index in [1.165, 1.54) is 6.92 Å². The molecule has 0 aromatic rings. The molecule has 1 aliphatic rings. The number of hydrogen-bond acceptors (Lipinski definition) is 5. The van der Waals surface area contributed by atoms with Crippen LogP contribution in [-0.4, -0.2) is 63.4 Å². The van der Waals surface area contributed by atoms with E-state index in [9.17, 15) is 14.7 Å². The van der Waals surface area contributed by atoms with Gasteiger partial charge in [0, 0.05) is 35.6 Å². The van der Waals surface area contributed by atoms with Gasteiger partial charge in [0.15, 0.2) is 0 Å². The van der Waals surface area contributed by atoms with Crippen LogP contribution in [0.25, 0.3) is 0 Å². The molecule has 0 radical (unpaired) electrons. The first kappa shape index (κ1) is 16.5. The maximum absolute atomic E-state index is 11.5. The molecule has 0 bridgehead atoms. The lowest BCUT2D eigenvalue weighted by molar-refractivity contribution is -0.141. The lowest BCUT2D eigenvalue weighted by Gasteiger charge is -2.23. The molecule has 0 aliphatic carbocycles. The molecule has 110 valence electrons. The van der Waals surface area contributed by atoms with Crippen LogP contribution >= 0.6 is 23.5 Å². The molecule has 19 heavy (non-hydrogen) atoms. The van der Waals surface area contributed by atoms with Gasteiger partial charge in [0.05, 0.1) is 12.0 Å². The molecule has 0 aromatic heterocycles. The van der Waals surface area contributed by atoms with Crippen molar-refractivity contribution < 1.29 is 19.8 Å². The Morgan fingerprint density at radius 2 is 2.11 bits per heavy atom.